The lowest BCUT2D eigenvalue weighted by Crippen LogP contribution is -2.51. The number of piperazine rings is 1. The molecular formula is C26H40N4O3S. The highest BCUT2D eigenvalue weighted by Crippen LogP contribution is 2.25. The number of nitrogens with zero attached hydrogens (tertiary/aromatic N) is 3. The summed E-state index contributed by atoms with van der Waals surface area (Å²) >= 11 is 1.43. The zero-order valence-corrected chi connectivity index (χ0v) is 21.6. The average Bonchev–Trinajstić information content (AvgIpc) is 2.88. The first-order valence-electron chi connectivity index (χ1n) is 12.8. The zero-order chi connectivity index (χ0) is 24.3. The Morgan fingerprint density at radius 1 is 1.00 bits per heavy atom. The van der Waals surface area contributed by atoms with Crippen molar-refractivity contribution in [3.8, 4) is 0 Å². The number of benzene rings is 1. The number of rotatable bonds is 10. The Hall–Kier alpha value is -2.06. The molecule has 7 nitrogen and oxygen atoms in total. The van der Waals surface area contributed by atoms with E-state index in [0.717, 1.165) is 24.5 Å². The molecule has 1 N–H and O–H groups in total. The third-order valence-electron chi connectivity index (χ3n) is 6.92. The Kier molecular flexibility index (Phi) is 10.7. The first-order valence-corrected chi connectivity index (χ1v) is 13.8. The summed E-state index contributed by atoms with van der Waals surface area (Å²) in [5.74, 6) is 1.11. The normalized spacial score (nSPS) is 17.4. The highest BCUT2D eigenvalue weighted by atomic mass is 32.2. The summed E-state index contributed by atoms with van der Waals surface area (Å²) in [5, 5.41) is 3.08. The monoisotopic (exact) mass is 488 g/mol. The molecule has 1 saturated carbocycles. The molecule has 1 saturated heterocycles. The second-order valence-corrected chi connectivity index (χ2v) is 10.2. The molecule has 3 rings (SSSR count). The minimum Gasteiger partial charge on any atom is -0.355 e. The van der Waals surface area contributed by atoms with Gasteiger partial charge in [-0.05, 0) is 44.7 Å². The fourth-order valence-corrected chi connectivity index (χ4v) is 5.63. The minimum absolute atomic E-state index is 0.000401. The van der Waals surface area contributed by atoms with Crippen LogP contribution in [0.2, 0.25) is 0 Å². The molecule has 3 amide bonds. The number of carbonyl (C=O) groups excluding carboxylic acids is 3. The van der Waals surface area contributed by atoms with Gasteiger partial charge >= 0.3 is 0 Å². The molecule has 1 aromatic rings. The minimum atomic E-state index is 0.000401. The molecule has 2 aliphatic rings. The fraction of sp³-hybridized carbons (Fsp3) is 0.654. The maximum atomic E-state index is 13.2. The molecular weight excluding hydrogens is 448 g/mol. The van der Waals surface area contributed by atoms with Gasteiger partial charge < -0.3 is 15.1 Å². The molecule has 0 radical (unpaired) electrons. The van der Waals surface area contributed by atoms with E-state index >= 15 is 0 Å². The maximum absolute atomic E-state index is 13.2. The average molecular weight is 489 g/mol. The van der Waals surface area contributed by atoms with Crippen molar-refractivity contribution in [1.82, 2.24) is 20.0 Å². The first-order chi connectivity index (χ1) is 16.5. The molecule has 1 aromatic carbocycles. The smallest absolute Gasteiger partial charge is 0.255 e. The molecule has 1 aliphatic carbocycles. The Morgan fingerprint density at radius 2 is 1.68 bits per heavy atom. The first kappa shape index (κ1) is 26.5. The molecule has 0 atom stereocenters. The van der Waals surface area contributed by atoms with E-state index in [1.165, 1.54) is 43.9 Å². The van der Waals surface area contributed by atoms with Crippen LogP contribution in [0.25, 0.3) is 0 Å². The lowest BCUT2D eigenvalue weighted by Gasteiger charge is -2.35. The Balaban J connectivity index is 1.47. The van der Waals surface area contributed by atoms with Gasteiger partial charge in [0.1, 0.15) is 0 Å². The summed E-state index contributed by atoms with van der Waals surface area (Å²) in [5.41, 5.74) is 0.653. The number of thioether (sulfide) groups is 1. The molecule has 8 heteroatoms. The number of amides is 3. The fourth-order valence-electron chi connectivity index (χ4n) is 4.76. The van der Waals surface area contributed by atoms with Crippen LogP contribution in [0.1, 0.15) is 56.3 Å². The van der Waals surface area contributed by atoms with Crippen LogP contribution in [0.5, 0.6) is 0 Å². The van der Waals surface area contributed by atoms with Crippen molar-refractivity contribution < 1.29 is 14.4 Å². The molecule has 188 valence electrons. The van der Waals surface area contributed by atoms with Gasteiger partial charge in [0, 0.05) is 50.7 Å². The van der Waals surface area contributed by atoms with Crippen LogP contribution in [0.3, 0.4) is 0 Å². The molecule has 0 aromatic heterocycles. The van der Waals surface area contributed by atoms with Crippen LogP contribution in [0.4, 0.5) is 0 Å². The van der Waals surface area contributed by atoms with E-state index in [1.807, 2.05) is 47.9 Å². The van der Waals surface area contributed by atoms with Crippen molar-refractivity contribution in [3.63, 3.8) is 0 Å². The van der Waals surface area contributed by atoms with Gasteiger partial charge in [0.25, 0.3) is 5.91 Å². The van der Waals surface area contributed by atoms with Crippen molar-refractivity contribution >= 4 is 29.5 Å². The van der Waals surface area contributed by atoms with E-state index < -0.39 is 0 Å². The second-order valence-electron chi connectivity index (χ2n) is 9.23. The van der Waals surface area contributed by atoms with Crippen LogP contribution < -0.4 is 5.32 Å². The van der Waals surface area contributed by atoms with Crippen molar-refractivity contribution in [3.05, 3.63) is 29.8 Å². The standard InChI is InChI=1S/C26H40N4O3S/c1-3-29(4-2)25(32)19-28-14-16-30(17-15-28)26(33)22-12-8-9-13-23(22)34-20-24(31)27-18-21-10-6-5-7-11-21/h8-9,12-13,21H,3-7,10-11,14-20H2,1-2H3,(H,27,31). The quantitative estimate of drug-likeness (QED) is 0.513. The molecule has 34 heavy (non-hydrogen) atoms. The van der Waals surface area contributed by atoms with Gasteiger partial charge in [0.05, 0.1) is 17.9 Å². The van der Waals surface area contributed by atoms with Gasteiger partial charge in [-0.3, -0.25) is 19.3 Å². The summed E-state index contributed by atoms with van der Waals surface area (Å²) in [4.78, 5) is 44.7. The highest BCUT2D eigenvalue weighted by Gasteiger charge is 2.25. The second kappa shape index (κ2) is 13.7. The van der Waals surface area contributed by atoms with Crippen LogP contribution in [0.15, 0.2) is 29.2 Å². The third-order valence-corrected chi connectivity index (χ3v) is 8.00. The van der Waals surface area contributed by atoms with Crippen molar-refractivity contribution in [2.45, 2.75) is 50.8 Å². The van der Waals surface area contributed by atoms with Gasteiger partial charge in [0.15, 0.2) is 0 Å². The lowest BCUT2D eigenvalue weighted by atomic mass is 9.89. The summed E-state index contributed by atoms with van der Waals surface area (Å²) in [6, 6.07) is 7.56. The summed E-state index contributed by atoms with van der Waals surface area (Å²) < 4.78 is 0. The van der Waals surface area contributed by atoms with Crippen molar-refractivity contribution in [2.75, 3.05) is 58.1 Å². The van der Waals surface area contributed by atoms with Crippen LogP contribution >= 0.6 is 11.8 Å². The van der Waals surface area contributed by atoms with Gasteiger partial charge in [-0.1, -0.05) is 31.4 Å². The molecule has 0 spiro atoms. The van der Waals surface area contributed by atoms with Gasteiger partial charge in [-0.15, -0.1) is 11.8 Å². The molecule has 1 aliphatic heterocycles. The SMILES string of the molecule is CCN(CC)C(=O)CN1CCN(C(=O)c2ccccc2SCC(=O)NCC2CCCCC2)CC1. The van der Waals surface area contributed by atoms with E-state index in [-0.39, 0.29) is 17.7 Å². The van der Waals surface area contributed by atoms with Crippen LogP contribution in [0, 0.1) is 5.92 Å². The molecule has 0 unspecified atom stereocenters. The Morgan fingerprint density at radius 3 is 2.35 bits per heavy atom. The number of carbonyl (C=O) groups is 3. The zero-order valence-electron chi connectivity index (χ0n) is 20.8. The van der Waals surface area contributed by atoms with E-state index in [4.69, 9.17) is 0 Å². The summed E-state index contributed by atoms with van der Waals surface area (Å²) in [6.07, 6.45) is 6.27. The van der Waals surface area contributed by atoms with Gasteiger partial charge in [0.2, 0.25) is 11.8 Å². The topological polar surface area (TPSA) is 73.0 Å². The third kappa shape index (κ3) is 7.73. The van der Waals surface area contributed by atoms with Crippen LogP contribution in [-0.2, 0) is 9.59 Å². The van der Waals surface area contributed by atoms with E-state index in [9.17, 15) is 14.4 Å². The largest absolute Gasteiger partial charge is 0.355 e. The summed E-state index contributed by atoms with van der Waals surface area (Å²) in [7, 11) is 0. The summed E-state index contributed by atoms with van der Waals surface area (Å²) in [6.45, 7) is 9.20. The predicted octanol–water partition coefficient (Wildman–Crippen LogP) is 3.10. The Labute approximate surface area is 208 Å². The van der Waals surface area contributed by atoms with Gasteiger partial charge in [-0.25, -0.2) is 0 Å². The van der Waals surface area contributed by atoms with E-state index in [1.54, 1.807) is 0 Å². The number of hydrogen-bond donors (Lipinski definition) is 1. The van der Waals surface area contributed by atoms with E-state index in [0.29, 0.717) is 50.0 Å². The van der Waals surface area contributed by atoms with Crippen molar-refractivity contribution in [1.29, 1.82) is 0 Å². The molecule has 0 bridgehead atoms. The van der Waals surface area contributed by atoms with Gasteiger partial charge in [-0.2, -0.15) is 0 Å². The highest BCUT2D eigenvalue weighted by molar-refractivity contribution is 8.00. The number of nitrogens with one attached hydrogen (secondary N) is 1. The number of hydrogen-bond acceptors (Lipinski definition) is 5. The van der Waals surface area contributed by atoms with E-state index in [2.05, 4.69) is 10.2 Å². The lowest BCUT2D eigenvalue weighted by molar-refractivity contribution is -0.132. The molecule has 2 fully saturated rings. The van der Waals surface area contributed by atoms with Crippen molar-refractivity contribution in [2.24, 2.45) is 5.92 Å². The maximum Gasteiger partial charge on any atom is 0.255 e. The predicted molar refractivity (Wildman–Crippen MR) is 137 cm³/mol. The molecule has 1 heterocycles. The number of likely N-dealkylation sites (N-methyl/N-ethyl adjacent to an activating group) is 1. The van der Waals surface area contributed by atoms with Crippen LogP contribution in [-0.4, -0.2) is 90.5 Å². The Bertz CT molecular complexity index is 816.